The van der Waals surface area contributed by atoms with Crippen LogP contribution >= 0.6 is 0 Å². The van der Waals surface area contributed by atoms with Gasteiger partial charge in [0.05, 0.1) is 0 Å². The second kappa shape index (κ2) is 4.45. The van der Waals surface area contributed by atoms with Gasteiger partial charge in [0.1, 0.15) is 5.69 Å². The van der Waals surface area contributed by atoms with Crippen molar-refractivity contribution in [1.82, 2.24) is 10.1 Å². The topological polar surface area (TPSA) is 38.9 Å². The van der Waals surface area contributed by atoms with Gasteiger partial charge in [0, 0.05) is 29.1 Å². The van der Waals surface area contributed by atoms with Gasteiger partial charge in [0.2, 0.25) is 0 Å². The maximum Gasteiger partial charge on any atom is 0.170 e. The van der Waals surface area contributed by atoms with Crippen molar-refractivity contribution in [2.75, 3.05) is 0 Å². The van der Waals surface area contributed by atoms with Gasteiger partial charge in [-0.25, -0.2) is 0 Å². The van der Waals surface area contributed by atoms with E-state index in [1.54, 1.807) is 12.4 Å². The lowest BCUT2D eigenvalue weighted by molar-refractivity contribution is 0.434. The molecule has 0 amide bonds. The monoisotopic (exact) mass is 236 g/mol. The highest BCUT2D eigenvalue weighted by molar-refractivity contribution is 5.71. The van der Waals surface area contributed by atoms with Crippen LogP contribution in [0.4, 0.5) is 0 Å². The van der Waals surface area contributed by atoms with Gasteiger partial charge in [-0.2, -0.15) is 0 Å². The van der Waals surface area contributed by atoms with Gasteiger partial charge in [0.25, 0.3) is 0 Å². The fourth-order valence-electron chi connectivity index (χ4n) is 1.97. The average molecular weight is 236 g/mol. The van der Waals surface area contributed by atoms with Crippen LogP contribution in [0.3, 0.4) is 0 Å². The van der Waals surface area contributed by atoms with Crippen LogP contribution < -0.4 is 0 Å². The first kappa shape index (κ1) is 10.7. The fraction of sp³-hybridized carbons (Fsp3) is 0.0667. The number of hydrogen-bond donors (Lipinski definition) is 0. The molecule has 3 heteroatoms. The lowest BCUT2D eigenvalue weighted by Gasteiger charge is -1.98. The third kappa shape index (κ3) is 1.80. The summed E-state index contributed by atoms with van der Waals surface area (Å²) in [7, 11) is 0. The molecule has 1 aromatic carbocycles. The predicted molar refractivity (Wildman–Crippen MR) is 69.9 cm³/mol. The van der Waals surface area contributed by atoms with Crippen molar-refractivity contribution in [2.45, 2.75) is 6.92 Å². The number of benzene rings is 1. The number of pyridine rings is 1. The molecule has 0 bridgehead atoms. The minimum absolute atomic E-state index is 0.802. The van der Waals surface area contributed by atoms with Crippen LogP contribution in [-0.2, 0) is 0 Å². The Kier molecular flexibility index (Phi) is 2.65. The highest BCUT2D eigenvalue weighted by Gasteiger charge is 2.14. The first-order chi connectivity index (χ1) is 8.86. The van der Waals surface area contributed by atoms with E-state index >= 15 is 0 Å². The van der Waals surface area contributed by atoms with Crippen LogP contribution in [0, 0.1) is 6.92 Å². The Bertz CT molecular complexity index is 588. The lowest BCUT2D eigenvalue weighted by Crippen LogP contribution is -1.81. The molecule has 88 valence electrons. The summed E-state index contributed by atoms with van der Waals surface area (Å²) in [5.41, 5.74) is 4.01. The first-order valence-corrected chi connectivity index (χ1v) is 5.78. The van der Waals surface area contributed by atoms with Crippen molar-refractivity contribution >= 4 is 0 Å². The molecule has 0 saturated heterocycles. The van der Waals surface area contributed by atoms with E-state index in [0.29, 0.717) is 0 Å². The van der Waals surface area contributed by atoms with Crippen molar-refractivity contribution in [3.8, 4) is 22.6 Å². The zero-order chi connectivity index (χ0) is 12.4. The molecule has 0 radical (unpaired) electrons. The molecule has 2 aromatic heterocycles. The van der Waals surface area contributed by atoms with Gasteiger partial charge >= 0.3 is 0 Å². The second-order valence-electron chi connectivity index (χ2n) is 4.09. The standard InChI is InChI=1S/C15H12N2O/c1-11-14(12-5-3-2-4-6-12)17-18-15(11)13-7-9-16-10-8-13/h2-10H,1H3. The summed E-state index contributed by atoms with van der Waals surface area (Å²) >= 11 is 0. The highest BCUT2D eigenvalue weighted by atomic mass is 16.5. The Labute approximate surface area is 105 Å². The van der Waals surface area contributed by atoms with E-state index in [4.69, 9.17) is 4.52 Å². The van der Waals surface area contributed by atoms with E-state index in [1.807, 2.05) is 49.4 Å². The van der Waals surface area contributed by atoms with Gasteiger partial charge in [-0.05, 0) is 19.1 Å². The van der Waals surface area contributed by atoms with E-state index in [9.17, 15) is 0 Å². The van der Waals surface area contributed by atoms with Crippen LogP contribution in [0.25, 0.3) is 22.6 Å². The molecule has 18 heavy (non-hydrogen) atoms. The highest BCUT2D eigenvalue weighted by Crippen LogP contribution is 2.30. The van der Waals surface area contributed by atoms with Gasteiger partial charge in [-0.15, -0.1) is 0 Å². The summed E-state index contributed by atoms with van der Waals surface area (Å²) in [5.74, 6) is 0.802. The molecule has 0 unspecified atom stereocenters. The fourth-order valence-corrected chi connectivity index (χ4v) is 1.97. The number of nitrogens with zero attached hydrogens (tertiary/aromatic N) is 2. The average Bonchev–Trinajstić information content (AvgIpc) is 2.83. The number of hydrogen-bond acceptors (Lipinski definition) is 3. The van der Waals surface area contributed by atoms with Crippen molar-refractivity contribution in [3.63, 3.8) is 0 Å². The molecule has 0 saturated carbocycles. The molecule has 3 nitrogen and oxygen atoms in total. The van der Waals surface area contributed by atoms with Crippen LogP contribution in [0.2, 0.25) is 0 Å². The Morgan fingerprint density at radius 1 is 0.889 bits per heavy atom. The molecule has 2 heterocycles. The maximum atomic E-state index is 5.46. The molecule has 0 fully saturated rings. The van der Waals surface area contributed by atoms with E-state index in [2.05, 4.69) is 10.1 Å². The van der Waals surface area contributed by atoms with Crippen LogP contribution in [0.1, 0.15) is 5.56 Å². The summed E-state index contributed by atoms with van der Waals surface area (Å²) in [6.07, 6.45) is 3.50. The Hall–Kier alpha value is -2.42. The third-order valence-corrected chi connectivity index (χ3v) is 2.91. The number of aromatic nitrogens is 2. The smallest absolute Gasteiger partial charge is 0.170 e. The van der Waals surface area contributed by atoms with Gasteiger partial charge in [0.15, 0.2) is 5.76 Å². The quantitative estimate of drug-likeness (QED) is 0.680. The minimum atomic E-state index is 0.802. The van der Waals surface area contributed by atoms with E-state index in [1.165, 1.54) is 0 Å². The summed E-state index contributed by atoms with van der Waals surface area (Å²) in [6, 6.07) is 13.9. The Morgan fingerprint density at radius 3 is 2.33 bits per heavy atom. The van der Waals surface area contributed by atoms with Crippen molar-refractivity contribution in [1.29, 1.82) is 0 Å². The minimum Gasteiger partial charge on any atom is -0.355 e. The largest absolute Gasteiger partial charge is 0.355 e. The molecular formula is C15H12N2O. The van der Waals surface area contributed by atoms with E-state index in [0.717, 1.165) is 28.1 Å². The van der Waals surface area contributed by atoms with E-state index < -0.39 is 0 Å². The summed E-state index contributed by atoms with van der Waals surface area (Å²) in [5, 5.41) is 4.17. The van der Waals surface area contributed by atoms with Crippen LogP contribution in [0.5, 0.6) is 0 Å². The normalized spacial score (nSPS) is 10.5. The first-order valence-electron chi connectivity index (χ1n) is 5.78. The summed E-state index contributed by atoms with van der Waals surface area (Å²) < 4.78 is 5.46. The molecule has 0 spiro atoms. The maximum absolute atomic E-state index is 5.46. The van der Waals surface area contributed by atoms with Gasteiger partial charge in [-0.3, -0.25) is 4.98 Å². The molecule has 0 aliphatic rings. The summed E-state index contributed by atoms with van der Waals surface area (Å²) in [6.45, 7) is 2.02. The zero-order valence-electron chi connectivity index (χ0n) is 10.00. The Morgan fingerprint density at radius 2 is 1.61 bits per heavy atom. The molecule has 3 rings (SSSR count). The summed E-state index contributed by atoms with van der Waals surface area (Å²) in [4.78, 5) is 4.00. The molecule has 0 atom stereocenters. The van der Waals surface area contributed by atoms with Crippen molar-refractivity contribution in [3.05, 3.63) is 60.4 Å². The van der Waals surface area contributed by atoms with Crippen molar-refractivity contribution in [2.24, 2.45) is 0 Å². The SMILES string of the molecule is Cc1c(-c2ccccc2)noc1-c1ccncc1. The second-order valence-corrected chi connectivity index (χ2v) is 4.09. The molecular weight excluding hydrogens is 224 g/mol. The number of rotatable bonds is 2. The van der Waals surface area contributed by atoms with Crippen LogP contribution in [-0.4, -0.2) is 10.1 Å². The van der Waals surface area contributed by atoms with Crippen molar-refractivity contribution < 1.29 is 4.52 Å². The lowest BCUT2D eigenvalue weighted by atomic mass is 10.0. The molecule has 0 aliphatic carbocycles. The van der Waals surface area contributed by atoms with E-state index in [-0.39, 0.29) is 0 Å². The third-order valence-electron chi connectivity index (χ3n) is 2.91. The van der Waals surface area contributed by atoms with Gasteiger partial charge in [-0.1, -0.05) is 35.5 Å². The zero-order valence-corrected chi connectivity index (χ0v) is 10.00. The predicted octanol–water partition coefficient (Wildman–Crippen LogP) is 3.71. The van der Waals surface area contributed by atoms with Gasteiger partial charge < -0.3 is 4.52 Å². The Balaban J connectivity index is 2.09. The molecule has 3 aromatic rings. The molecule has 0 N–H and O–H groups in total. The molecule has 0 aliphatic heterocycles. The van der Waals surface area contributed by atoms with Crippen LogP contribution in [0.15, 0.2) is 59.4 Å².